The first-order valence-electron chi connectivity index (χ1n) is 11.8. The number of piperidine rings is 1. The van der Waals surface area contributed by atoms with Gasteiger partial charge in [-0.3, -0.25) is 9.59 Å². The third-order valence-corrected chi connectivity index (χ3v) is 7.87. The SMILES string of the molecule is Cc1cn(-c2ccc(C(N)=O)c(NC3CC4CCC(C3)N4C)c2)c2c1C(=O)CC(C)(C)C2. The number of hydrogen-bond donors (Lipinski definition) is 2. The number of nitrogens with zero attached hydrogens (tertiary/aromatic N) is 2. The highest BCUT2D eigenvalue weighted by molar-refractivity contribution is 6.01. The molecule has 6 nitrogen and oxygen atoms in total. The van der Waals surface area contributed by atoms with Crippen molar-refractivity contribution in [2.75, 3.05) is 12.4 Å². The van der Waals surface area contributed by atoms with E-state index in [0.717, 1.165) is 47.5 Å². The van der Waals surface area contributed by atoms with Crippen LogP contribution in [0.15, 0.2) is 24.4 Å². The molecule has 2 fully saturated rings. The zero-order chi connectivity index (χ0) is 22.8. The Morgan fingerprint density at radius 1 is 1.16 bits per heavy atom. The van der Waals surface area contributed by atoms with Gasteiger partial charge in [-0.2, -0.15) is 0 Å². The first kappa shape index (κ1) is 21.3. The van der Waals surface area contributed by atoms with Crippen LogP contribution >= 0.6 is 0 Å². The summed E-state index contributed by atoms with van der Waals surface area (Å²) in [5.74, 6) is -0.196. The van der Waals surface area contributed by atoms with Gasteiger partial charge in [-0.25, -0.2) is 0 Å². The Morgan fingerprint density at radius 3 is 2.50 bits per heavy atom. The number of hydrogen-bond acceptors (Lipinski definition) is 4. The molecular formula is C26H34N4O2. The highest BCUT2D eigenvalue weighted by atomic mass is 16.1. The summed E-state index contributed by atoms with van der Waals surface area (Å²) in [6.45, 7) is 6.31. The number of primary amides is 1. The van der Waals surface area contributed by atoms with Crippen molar-refractivity contribution in [2.24, 2.45) is 11.1 Å². The van der Waals surface area contributed by atoms with Crippen LogP contribution in [0, 0.1) is 12.3 Å². The topological polar surface area (TPSA) is 80.4 Å². The van der Waals surface area contributed by atoms with Crippen molar-refractivity contribution < 1.29 is 9.59 Å². The molecule has 2 atom stereocenters. The highest BCUT2D eigenvalue weighted by Crippen LogP contribution is 2.39. The fourth-order valence-corrected chi connectivity index (χ4v) is 6.27. The van der Waals surface area contributed by atoms with Crippen LogP contribution < -0.4 is 11.1 Å². The third-order valence-electron chi connectivity index (χ3n) is 7.87. The second-order valence-corrected chi connectivity index (χ2v) is 10.9. The van der Waals surface area contributed by atoms with E-state index < -0.39 is 5.91 Å². The van der Waals surface area contributed by atoms with Crippen LogP contribution in [0.3, 0.4) is 0 Å². The lowest BCUT2D eigenvalue weighted by molar-refractivity contribution is 0.0909. The molecule has 0 saturated carbocycles. The predicted molar refractivity (Wildman–Crippen MR) is 127 cm³/mol. The van der Waals surface area contributed by atoms with Crippen molar-refractivity contribution in [3.05, 3.63) is 46.8 Å². The Bertz CT molecular complexity index is 1090. The first-order valence-corrected chi connectivity index (χ1v) is 11.8. The maximum atomic E-state index is 12.8. The zero-order valence-electron chi connectivity index (χ0n) is 19.6. The Hall–Kier alpha value is -2.60. The monoisotopic (exact) mass is 434 g/mol. The molecule has 0 spiro atoms. The molecule has 1 amide bonds. The number of Topliss-reactive ketones (excluding diaryl/α,β-unsaturated/α-hetero) is 1. The van der Waals surface area contributed by atoms with E-state index in [2.05, 4.69) is 41.9 Å². The van der Waals surface area contributed by atoms with E-state index in [1.165, 1.54) is 12.8 Å². The van der Waals surface area contributed by atoms with E-state index in [4.69, 9.17) is 5.73 Å². The molecule has 1 aliphatic carbocycles. The minimum absolute atomic E-state index is 0.0612. The molecule has 0 radical (unpaired) electrons. The van der Waals surface area contributed by atoms with Crippen molar-refractivity contribution in [3.8, 4) is 5.69 Å². The summed E-state index contributed by atoms with van der Waals surface area (Å²) in [7, 11) is 2.23. The maximum absolute atomic E-state index is 12.8. The van der Waals surface area contributed by atoms with Crippen LogP contribution in [0.2, 0.25) is 0 Å². The van der Waals surface area contributed by atoms with Gasteiger partial charge in [0.25, 0.3) is 5.91 Å². The van der Waals surface area contributed by atoms with E-state index in [1.54, 1.807) is 0 Å². The summed E-state index contributed by atoms with van der Waals surface area (Å²) in [5, 5.41) is 3.67. The standard InChI is InChI=1S/C26H34N4O2/c1-15-14-30(22-12-26(2,3)13-23(31)24(15)22)19-7-8-20(25(27)32)21(11-19)28-16-9-17-5-6-18(10-16)29(17)4/h7-8,11,14,16-18,28H,5-6,9-10,12-13H2,1-4H3,(H2,27,32). The lowest BCUT2D eigenvalue weighted by Gasteiger charge is -2.37. The number of rotatable bonds is 4. The molecule has 3 N–H and O–H groups in total. The van der Waals surface area contributed by atoms with Crippen LogP contribution in [0.5, 0.6) is 0 Å². The second kappa shape index (κ2) is 7.48. The summed E-state index contributed by atoms with van der Waals surface area (Å²) in [6, 6.07) is 7.35. The molecule has 3 aliphatic rings. The Labute approximate surface area is 190 Å². The van der Waals surface area contributed by atoms with Gasteiger partial charge in [0.2, 0.25) is 0 Å². The van der Waals surface area contributed by atoms with Crippen molar-refractivity contribution in [3.63, 3.8) is 0 Å². The van der Waals surface area contributed by atoms with Gasteiger partial charge in [0.1, 0.15) is 0 Å². The zero-order valence-corrected chi connectivity index (χ0v) is 19.6. The number of ketones is 1. The van der Waals surface area contributed by atoms with Gasteiger partial charge < -0.3 is 20.5 Å². The number of anilines is 1. The van der Waals surface area contributed by atoms with Crippen LogP contribution in [0.1, 0.15) is 77.9 Å². The first-order chi connectivity index (χ1) is 15.1. The van der Waals surface area contributed by atoms with Crippen molar-refractivity contribution in [1.82, 2.24) is 9.47 Å². The lowest BCUT2D eigenvalue weighted by atomic mass is 9.75. The van der Waals surface area contributed by atoms with Gasteiger partial charge in [-0.15, -0.1) is 0 Å². The molecular weight excluding hydrogens is 400 g/mol. The summed E-state index contributed by atoms with van der Waals surface area (Å²) in [4.78, 5) is 27.5. The molecule has 6 heteroatoms. The fraction of sp³-hybridized carbons (Fsp3) is 0.538. The van der Waals surface area contributed by atoms with Crippen LogP contribution in [0.25, 0.3) is 5.69 Å². The van der Waals surface area contributed by atoms with Gasteiger partial charge in [0.15, 0.2) is 5.78 Å². The molecule has 32 heavy (non-hydrogen) atoms. The van der Waals surface area contributed by atoms with Gasteiger partial charge in [-0.05, 0) is 75.3 Å². The number of benzene rings is 1. The molecule has 2 unspecified atom stereocenters. The van der Waals surface area contributed by atoms with E-state index in [0.29, 0.717) is 30.1 Å². The lowest BCUT2D eigenvalue weighted by Crippen LogP contribution is -2.44. The van der Waals surface area contributed by atoms with E-state index in [1.807, 2.05) is 25.1 Å². The van der Waals surface area contributed by atoms with Gasteiger partial charge >= 0.3 is 0 Å². The van der Waals surface area contributed by atoms with Gasteiger partial charge in [0, 0.05) is 53.4 Å². The minimum Gasteiger partial charge on any atom is -0.381 e. The van der Waals surface area contributed by atoms with Crippen LogP contribution in [-0.2, 0) is 6.42 Å². The van der Waals surface area contributed by atoms with Crippen molar-refractivity contribution >= 4 is 17.4 Å². The second-order valence-electron chi connectivity index (χ2n) is 10.9. The van der Waals surface area contributed by atoms with Crippen molar-refractivity contribution in [1.29, 1.82) is 0 Å². The molecule has 2 aromatic rings. The molecule has 2 aliphatic heterocycles. The number of aryl methyl sites for hydroxylation is 1. The van der Waals surface area contributed by atoms with Crippen LogP contribution in [0.4, 0.5) is 5.69 Å². The van der Waals surface area contributed by atoms with Gasteiger partial charge in [-0.1, -0.05) is 13.8 Å². The number of aromatic nitrogens is 1. The molecule has 170 valence electrons. The average molecular weight is 435 g/mol. The maximum Gasteiger partial charge on any atom is 0.250 e. The number of carbonyl (C=O) groups is 2. The Balaban J connectivity index is 1.52. The highest BCUT2D eigenvalue weighted by Gasteiger charge is 2.39. The Morgan fingerprint density at radius 2 is 1.84 bits per heavy atom. The molecule has 5 rings (SSSR count). The summed E-state index contributed by atoms with van der Waals surface area (Å²) in [5.41, 5.74) is 10.9. The normalized spacial score (nSPS) is 26.8. The van der Waals surface area contributed by atoms with Crippen LogP contribution in [-0.4, -0.2) is 46.3 Å². The minimum atomic E-state index is -0.419. The summed E-state index contributed by atoms with van der Waals surface area (Å²) >= 11 is 0. The number of nitrogens with one attached hydrogen (secondary N) is 1. The quantitative estimate of drug-likeness (QED) is 0.760. The number of nitrogens with two attached hydrogens (primary N) is 1. The summed E-state index contributed by atoms with van der Waals surface area (Å²) < 4.78 is 2.14. The van der Waals surface area contributed by atoms with E-state index in [9.17, 15) is 9.59 Å². The third kappa shape index (κ3) is 3.54. The Kier molecular flexibility index (Phi) is 4.97. The van der Waals surface area contributed by atoms with E-state index >= 15 is 0 Å². The molecule has 3 heterocycles. The number of carbonyl (C=O) groups excluding carboxylic acids is 2. The van der Waals surface area contributed by atoms with E-state index in [-0.39, 0.29) is 11.2 Å². The average Bonchev–Trinajstić information content (AvgIpc) is 3.11. The number of amides is 1. The number of fused-ring (bicyclic) bond motifs is 3. The largest absolute Gasteiger partial charge is 0.381 e. The van der Waals surface area contributed by atoms with Crippen molar-refractivity contribution in [2.45, 2.75) is 77.4 Å². The predicted octanol–water partition coefficient (Wildman–Crippen LogP) is 4.08. The molecule has 1 aromatic carbocycles. The van der Waals surface area contributed by atoms with Gasteiger partial charge in [0.05, 0.1) is 5.56 Å². The smallest absolute Gasteiger partial charge is 0.250 e. The molecule has 2 saturated heterocycles. The summed E-state index contributed by atoms with van der Waals surface area (Å²) in [6.07, 6.45) is 8.15. The fourth-order valence-electron chi connectivity index (χ4n) is 6.27. The molecule has 2 bridgehead atoms. The molecule has 1 aromatic heterocycles.